The van der Waals surface area contributed by atoms with E-state index in [0.29, 0.717) is 28.7 Å². The molecular weight excluding hydrogens is 396 g/mol. The number of aryl methyl sites for hydroxylation is 1. The van der Waals surface area contributed by atoms with Crippen molar-refractivity contribution in [2.24, 2.45) is 0 Å². The fourth-order valence-electron chi connectivity index (χ4n) is 3.84. The first-order chi connectivity index (χ1) is 15.0. The van der Waals surface area contributed by atoms with E-state index in [4.69, 9.17) is 9.47 Å². The van der Waals surface area contributed by atoms with Gasteiger partial charge in [0, 0.05) is 48.5 Å². The molecule has 31 heavy (non-hydrogen) atoms. The van der Waals surface area contributed by atoms with Gasteiger partial charge in [-0.2, -0.15) is 4.98 Å². The first kappa shape index (κ1) is 20.8. The minimum absolute atomic E-state index is 0.217. The van der Waals surface area contributed by atoms with Gasteiger partial charge in [-0.05, 0) is 32.0 Å². The number of rotatable bonds is 5. The van der Waals surface area contributed by atoms with Crippen LogP contribution in [0.4, 0.5) is 11.4 Å². The summed E-state index contributed by atoms with van der Waals surface area (Å²) in [6.45, 7) is 6.65. The van der Waals surface area contributed by atoms with Gasteiger partial charge in [-0.25, -0.2) is 9.97 Å². The molecule has 0 aliphatic carbocycles. The molecule has 162 valence electrons. The molecule has 3 aromatic rings. The highest BCUT2D eigenvalue weighted by Crippen LogP contribution is 2.30. The van der Waals surface area contributed by atoms with Crippen molar-refractivity contribution in [2.75, 3.05) is 44.1 Å². The third kappa shape index (κ3) is 4.22. The topological polar surface area (TPSA) is 102 Å². The summed E-state index contributed by atoms with van der Waals surface area (Å²) in [6.07, 6.45) is 3.29. The smallest absolute Gasteiger partial charge is 0.316 e. The maximum absolute atomic E-state index is 13.1. The fraction of sp³-hybridized carbons (Fsp3) is 0.364. The molecule has 9 heteroatoms. The highest BCUT2D eigenvalue weighted by atomic mass is 16.5. The Balaban J connectivity index is 1.72. The van der Waals surface area contributed by atoms with Crippen molar-refractivity contribution >= 4 is 28.2 Å². The lowest BCUT2D eigenvalue weighted by atomic mass is 10.1. The minimum atomic E-state index is -0.280. The van der Waals surface area contributed by atoms with E-state index in [2.05, 4.69) is 37.4 Å². The summed E-state index contributed by atoms with van der Waals surface area (Å²) in [7, 11) is 3.07. The van der Waals surface area contributed by atoms with Crippen molar-refractivity contribution in [1.82, 2.24) is 20.3 Å². The Morgan fingerprint density at radius 3 is 2.77 bits per heavy atom. The lowest BCUT2D eigenvalue weighted by Gasteiger charge is -2.34. The van der Waals surface area contributed by atoms with E-state index < -0.39 is 0 Å². The molecule has 2 aromatic heterocycles. The predicted molar refractivity (Wildman–Crippen MR) is 119 cm³/mol. The van der Waals surface area contributed by atoms with Crippen LogP contribution in [0.5, 0.6) is 11.9 Å². The molecule has 9 nitrogen and oxygen atoms in total. The number of nitrogens with one attached hydrogen (secondary N) is 2. The van der Waals surface area contributed by atoms with Crippen LogP contribution in [-0.4, -0.2) is 60.8 Å². The third-order valence-electron chi connectivity index (χ3n) is 5.32. The maximum atomic E-state index is 13.1. The van der Waals surface area contributed by atoms with E-state index in [9.17, 15) is 4.79 Å². The van der Waals surface area contributed by atoms with Gasteiger partial charge < -0.3 is 25.0 Å². The summed E-state index contributed by atoms with van der Waals surface area (Å²) in [4.78, 5) is 28.4. The molecule has 3 heterocycles. The largest absolute Gasteiger partial charge is 0.481 e. The molecule has 1 amide bonds. The predicted octanol–water partition coefficient (Wildman–Crippen LogP) is 2.40. The molecule has 1 fully saturated rings. The molecule has 0 spiro atoms. The van der Waals surface area contributed by atoms with Gasteiger partial charge in [0.2, 0.25) is 5.88 Å². The van der Waals surface area contributed by atoms with Gasteiger partial charge in [-0.1, -0.05) is 0 Å². The zero-order valence-electron chi connectivity index (χ0n) is 18.1. The number of carbonyl (C=O) groups excluding carboxylic acids is 1. The molecule has 4 rings (SSSR count). The summed E-state index contributed by atoms with van der Waals surface area (Å²) < 4.78 is 10.4. The molecule has 1 aliphatic heterocycles. The summed E-state index contributed by atoms with van der Waals surface area (Å²) in [5.74, 6) is 0.243. The monoisotopic (exact) mass is 422 g/mol. The summed E-state index contributed by atoms with van der Waals surface area (Å²) in [5, 5.41) is 7.16. The number of anilines is 2. The molecule has 1 atom stereocenters. The van der Waals surface area contributed by atoms with E-state index in [1.807, 2.05) is 19.1 Å². The van der Waals surface area contributed by atoms with Crippen LogP contribution in [0.15, 0.2) is 30.6 Å². The van der Waals surface area contributed by atoms with Gasteiger partial charge in [-0.15, -0.1) is 0 Å². The average Bonchev–Trinajstić information content (AvgIpc) is 2.78. The van der Waals surface area contributed by atoms with Crippen LogP contribution in [0.1, 0.15) is 22.8 Å². The number of nitrogens with zero attached hydrogens (tertiary/aromatic N) is 4. The number of fused-ring (bicyclic) bond motifs is 1. The van der Waals surface area contributed by atoms with Gasteiger partial charge in [0.05, 0.1) is 37.2 Å². The Morgan fingerprint density at radius 2 is 2.06 bits per heavy atom. The van der Waals surface area contributed by atoms with E-state index >= 15 is 0 Å². The quantitative estimate of drug-likeness (QED) is 0.646. The Morgan fingerprint density at radius 1 is 1.23 bits per heavy atom. The van der Waals surface area contributed by atoms with E-state index in [0.717, 1.165) is 36.3 Å². The summed E-state index contributed by atoms with van der Waals surface area (Å²) >= 11 is 0. The van der Waals surface area contributed by atoms with E-state index in [-0.39, 0.29) is 11.9 Å². The molecule has 1 unspecified atom stereocenters. The first-order valence-corrected chi connectivity index (χ1v) is 10.1. The van der Waals surface area contributed by atoms with Gasteiger partial charge in [-0.3, -0.25) is 4.79 Å². The number of pyridine rings is 1. The maximum Gasteiger partial charge on any atom is 0.316 e. The second-order valence-corrected chi connectivity index (χ2v) is 7.56. The van der Waals surface area contributed by atoms with Crippen LogP contribution in [0.25, 0.3) is 10.9 Å². The number of aromatic nitrogens is 3. The van der Waals surface area contributed by atoms with Gasteiger partial charge in [0.1, 0.15) is 0 Å². The zero-order chi connectivity index (χ0) is 22.0. The number of amides is 1. The van der Waals surface area contributed by atoms with E-state index in [1.165, 1.54) is 7.11 Å². The molecule has 0 bridgehead atoms. The van der Waals surface area contributed by atoms with Crippen molar-refractivity contribution < 1.29 is 14.3 Å². The zero-order valence-corrected chi connectivity index (χ0v) is 18.1. The van der Waals surface area contributed by atoms with Crippen molar-refractivity contribution in [1.29, 1.82) is 0 Å². The second-order valence-electron chi connectivity index (χ2n) is 7.56. The second kappa shape index (κ2) is 8.73. The number of hydrogen-bond donors (Lipinski definition) is 2. The Hall–Kier alpha value is -3.46. The van der Waals surface area contributed by atoms with Gasteiger partial charge in [0.25, 0.3) is 5.91 Å². The molecule has 1 aromatic carbocycles. The molecule has 0 saturated carbocycles. The van der Waals surface area contributed by atoms with Crippen molar-refractivity contribution in [3.8, 4) is 11.9 Å². The molecular formula is C22H26N6O3. The normalized spacial score (nSPS) is 16.3. The molecule has 2 N–H and O–H groups in total. The van der Waals surface area contributed by atoms with Crippen molar-refractivity contribution in [3.05, 3.63) is 41.7 Å². The van der Waals surface area contributed by atoms with Crippen LogP contribution >= 0.6 is 0 Å². The Kier molecular flexibility index (Phi) is 5.85. The lowest BCUT2D eigenvalue weighted by molar-refractivity contribution is 0.102. The number of hydrogen-bond acceptors (Lipinski definition) is 8. The number of methoxy groups -OCH3 is 2. The van der Waals surface area contributed by atoms with Crippen LogP contribution < -0.4 is 25.0 Å². The fourth-order valence-corrected chi connectivity index (χ4v) is 3.84. The standard InChI is InChI=1S/C22H26N6O3/c1-13-9-15(10-24-21(13)30-3)26-20(29)16-5-6-18(28-8-7-23-14(2)12-28)17-11-25-22(31-4)27-19(16)17/h5-6,9-11,14,23H,7-8,12H2,1-4H3,(H,26,29). The minimum Gasteiger partial charge on any atom is -0.481 e. The van der Waals surface area contributed by atoms with Crippen LogP contribution in [0, 0.1) is 6.92 Å². The van der Waals surface area contributed by atoms with Crippen molar-refractivity contribution in [2.45, 2.75) is 19.9 Å². The molecule has 1 aliphatic rings. The van der Waals surface area contributed by atoms with Gasteiger partial charge in [0.15, 0.2) is 0 Å². The Labute approximate surface area is 180 Å². The first-order valence-electron chi connectivity index (χ1n) is 10.1. The average molecular weight is 422 g/mol. The number of ether oxygens (including phenoxy) is 2. The summed E-state index contributed by atoms with van der Waals surface area (Å²) in [5.41, 5.74) is 3.40. The van der Waals surface area contributed by atoms with Crippen molar-refractivity contribution in [3.63, 3.8) is 0 Å². The number of benzene rings is 1. The van der Waals surface area contributed by atoms with Crippen LogP contribution in [-0.2, 0) is 0 Å². The third-order valence-corrected chi connectivity index (χ3v) is 5.32. The molecule has 1 saturated heterocycles. The highest BCUT2D eigenvalue weighted by molar-refractivity contribution is 6.13. The number of carbonyl (C=O) groups is 1. The van der Waals surface area contributed by atoms with Gasteiger partial charge >= 0.3 is 6.01 Å². The lowest BCUT2D eigenvalue weighted by Crippen LogP contribution is -2.49. The van der Waals surface area contributed by atoms with Crippen LogP contribution in [0.3, 0.4) is 0 Å². The van der Waals surface area contributed by atoms with Crippen LogP contribution in [0.2, 0.25) is 0 Å². The van der Waals surface area contributed by atoms with E-state index in [1.54, 1.807) is 25.6 Å². The summed E-state index contributed by atoms with van der Waals surface area (Å²) in [6, 6.07) is 6.17. The SMILES string of the molecule is COc1ncc2c(N3CCNC(C)C3)ccc(C(=O)Nc3cnc(OC)c(C)c3)c2n1. The Bertz CT molecular complexity index is 1120. The molecule has 0 radical (unpaired) electrons. The highest BCUT2D eigenvalue weighted by Gasteiger charge is 2.22. The number of piperazine rings is 1.